The monoisotopic (exact) mass is 250 g/mol. The van der Waals surface area contributed by atoms with Crippen molar-refractivity contribution in [2.75, 3.05) is 11.9 Å². The third-order valence-corrected chi connectivity index (χ3v) is 2.30. The zero-order valence-electron chi connectivity index (χ0n) is 10.9. The first-order valence-corrected chi connectivity index (χ1v) is 5.92. The number of anilines is 1. The lowest BCUT2D eigenvalue weighted by Gasteiger charge is -2.02. The molecule has 0 aliphatic rings. The summed E-state index contributed by atoms with van der Waals surface area (Å²) in [6.07, 6.45) is 4.21. The second-order valence-corrected chi connectivity index (χ2v) is 3.77. The lowest BCUT2D eigenvalue weighted by Crippen LogP contribution is -2.12. The highest BCUT2D eigenvalue weighted by atomic mass is 16.5. The third-order valence-electron chi connectivity index (χ3n) is 2.30. The number of nitrogens with one attached hydrogen (secondary N) is 2. The number of aromatic amines is 1. The van der Waals surface area contributed by atoms with E-state index < -0.39 is 5.97 Å². The Hall–Kier alpha value is -2.04. The molecule has 5 nitrogen and oxygen atoms in total. The molecule has 0 spiro atoms. The number of carbonyl (C=O) groups excluding carboxylic acids is 2. The van der Waals surface area contributed by atoms with Gasteiger partial charge >= 0.3 is 5.97 Å². The number of rotatable bonds is 5. The van der Waals surface area contributed by atoms with Gasteiger partial charge < -0.3 is 15.0 Å². The van der Waals surface area contributed by atoms with Gasteiger partial charge in [-0.1, -0.05) is 13.0 Å². The molecule has 18 heavy (non-hydrogen) atoms. The van der Waals surface area contributed by atoms with Gasteiger partial charge in [0.1, 0.15) is 5.69 Å². The summed E-state index contributed by atoms with van der Waals surface area (Å²) in [6.45, 7) is 5.77. The van der Waals surface area contributed by atoms with Crippen molar-refractivity contribution in [1.82, 2.24) is 4.98 Å². The topological polar surface area (TPSA) is 71.2 Å². The second-order valence-electron chi connectivity index (χ2n) is 3.77. The van der Waals surface area contributed by atoms with Crippen LogP contribution in [0, 0.1) is 0 Å². The molecule has 0 saturated heterocycles. The predicted molar refractivity (Wildman–Crippen MR) is 69.4 cm³/mol. The molecule has 2 N–H and O–H groups in total. The molecule has 5 heteroatoms. The first-order valence-electron chi connectivity index (χ1n) is 5.92. The predicted octanol–water partition coefficient (Wildman–Crippen LogP) is 2.49. The van der Waals surface area contributed by atoms with E-state index in [1.165, 1.54) is 0 Å². The Morgan fingerprint density at radius 2 is 2.17 bits per heavy atom. The number of carbonyl (C=O) groups is 2. The van der Waals surface area contributed by atoms with Gasteiger partial charge in [0.25, 0.3) is 5.91 Å². The average Bonchev–Trinajstić information content (AvgIpc) is 2.78. The number of allylic oxidation sites excluding steroid dienone is 1. The molecule has 0 fully saturated rings. The van der Waals surface area contributed by atoms with Gasteiger partial charge in [0.2, 0.25) is 0 Å². The fourth-order valence-corrected chi connectivity index (χ4v) is 1.42. The number of esters is 1. The molecule has 0 radical (unpaired) electrons. The van der Waals surface area contributed by atoms with E-state index >= 15 is 0 Å². The number of aromatic nitrogens is 1. The van der Waals surface area contributed by atoms with Crippen molar-refractivity contribution < 1.29 is 14.3 Å². The van der Waals surface area contributed by atoms with Crippen LogP contribution in [-0.4, -0.2) is 23.5 Å². The molecule has 1 heterocycles. The van der Waals surface area contributed by atoms with Gasteiger partial charge in [-0.2, -0.15) is 0 Å². The minimum absolute atomic E-state index is 0.175. The van der Waals surface area contributed by atoms with E-state index in [9.17, 15) is 9.59 Å². The Bertz CT molecular complexity index is 461. The van der Waals surface area contributed by atoms with Crippen LogP contribution in [0.5, 0.6) is 0 Å². The Labute approximate surface area is 106 Å². The van der Waals surface area contributed by atoms with Crippen LogP contribution >= 0.6 is 0 Å². The summed E-state index contributed by atoms with van der Waals surface area (Å²) >= 11 is 0. The summed E-state index contributed by atoms with van der Waals surface area (Å²) in [4.78, 5) is 25.9. The summed E-state index contributed by atoms with van der Waals surface area (Å²) < 4.78 is 4.84. The lowest BCUT2D eigenvalue weighted by molar-refractivity contribution is -0.112. The molecule has 0 aliphatic carbocycles. The van der Waals surface area contributed by atoms with Gasteiger partial charge in [-0.05, 0) is 26.3 Å². The van der Waals surface area contributed by atoms with Gasteiger partial charge in [-0.15, -0.1) is 0 Å². The molecular formula is C13H18N2O3. The van der Waals surface area contributed by atoms with E-state index in [-0.39, 0.29) is 5.91 Å². The highest BCUT2D eigenvalue weighted by Crippen LogP contribution is 2.12. The van der Waals surface area contributed by atoms with Gasteiger partial charge in [0, 0.05) is 11.8 Å². The van der Waals surface area contributed by atoms with Gasteiger partial charge in [0.15, 0.2) is 0 Å². The summed E-state index contributed by atoms with van der Waals surface area (Å²) in [5.74, 6) is -0.606. The molecule has 98 valence electrons. The molecule has 0 bridgehead atoms. The molecule has 0 aliphatic heterocycles. The van der Waals surface area contributed by atoms with Crippen LogP contribution in [0.3, 0.4) is 0 Å². The summed E-state index contributed by atoms with van der Waals surface area (Å²) in [7, 11) is 0. The highest BCUT2D eigenvalue weighted by Gasteiger charge is 2.11. The number of hydrogen-bond acceptors (Lipinski definition) is 3. The zero-order chi connectivity index (χ0) is 13.5. The summed E-state index contributed by atoms with van der Waals surface area (Å²) in [5, 5.41) is 2.70. The van der Waals surface area contributed by atoms with Crippen LogP contribution in [-0.2, 0) is 9.53 Å². The van der Waals surface area contributed by atoms with Crippen molar-refractivity contribution in [2.24, 2.45) is 0 Å². The van der Waals surface area contributed by atoms with Crippen molar-refractivity contribution in [3.63, 3.8) is 0 Å². The maximum absolute atomic E-state index is 11.7. The number of amides is 1. The molecule has 0 aromatic carbocycles. The first-order chi connectivity index (χ1) is 8.58. The molecule has 0 atom stereocenters. The van der Waals surface area contributed by atoms with Crippen molar-refractivity contribution in [3.8, 4) is 0 Å². The summed E-state index contributed by atoms with van der Waals surface area (Å²) in [6, 6.07) is 1.55. The number of ether oxygens (including phenoxy) is 1. The van der Waals surface area contributed by atoms with Crippen LogP contribution in [0.15, 0.2) is 23.9 Å². The third kappa shape index (κ3) is 3.76. The zero-order valence-corrected chi connectivity index (χ0v) is 10.9. The Kier molecular flexibility index (Phi) is 5.17. The van der Waals surface area contributed by atoms with E-state index in [2.05, 4.69) is 10.3 Å². The molecule has 1 amide bonds. The Balaban J connectivity index is 2.67. The SMILES string of the molecule is CCC=C(C)C(=O)Nc1c[nH]c(C(=O)OCC)c1. The maximum atomic E-state index is 11.7. The second kappa shape index (κ2) is 6.64. The van der Waals surface area contributed by atoms with Crippen LogP contribution in [0.1, 0.15) is 37.7 Å². The molecule has 1 rings (SSSR count). The highest BCUT2D eigenvalue weighted by molar-refractivity contribution is 6.03. The normalized spacial score (nSPS) is 11.2. The molecule has 1 aromatic rings. The van der Waals surface area contributed by atoms with Crippen molar-refractivity contribution in [1.29, 1.82) is 0 Å². The number of hydrogen-bond donors (Lipinski definition) is 2. The number of H-pyrrole nitrogens is 1. The molecule has 0 unspecified atom stereocenters. The fourth-order valence-electron chi connectivity index (χ4n) is 1.42. The van der Waals surface area contributed by atoms with Crippen molar-refractivity contribution in [3.05, 3.63) is 29.6 Å². The van der Waals surface area contributed by atoms with Crippen LogP contribution in [0.2, 0.25) is 0 Å². The van der Waals surface area contributed by atoms with Crippen LogP contribution in [0.25, 0.3) is 0 Å². The van der Waals surface area contributed by atoms with Crippen molar-refractivity contribution in [2.45, 2.75) is 27.2 Å². The van der Waals surface area contributed by atoms with E-state index in [1.807, 2.05) is 13.0 Å². The van der Waals surface area contributed by atoms with E-state index in [1.54, 1.807) is 26.1 Å². The molecule has 1 aromatic heterocycles. The fraction of sp³-hybridized carbons (Fsp3) is 0.385. The van der Waals surface area contributed by atoms with Crippen molar-refractivity contribution >= 4 is 17.6 Å². The van der Waals surface area contributed by atoms with Gasteiger partial charge in [-0.3, -0.25) is 4.79 Å². The van der Waals surface area contributed by atoms with Gasteiger partial charge in [-0.25, -0.2) is 4.79 Å². The average molecular weight is 250 g/mol. The first kappa shape index (κ1) is 14.0. The quantitative estimate of drug-likeness (QED) is 0.623. The Morgan fingerprint density at radius 1 is 1.44 bits per heavy atom. The van der Waals surface area contributed by atoms with Crippen LogP contribution < -0.4 is 5.32 Å². The van der Waals surface area contributed by atoms with Gasteiger partial charge in [0.05, 0.1) is 12.3 Å². The minimum Gasteiger partial charge on any atom is -0.461 e. The molecule has 0 saturated carbocycles. The standard InChI is InChI=1S/C13H18N2O3/c1-4-6-9(3)12(16)15-10-7-11(14-8-10)13(17)18-5-2/h6-8,14H,4-5H2,1-3H3,(H,15,16). The maximum Gasteiger partial charge on any atom is 0.354 e. The molecular weight excluding hydrogens is 232 g/mol. The van der Waals surface area contributed by atoms with E-state index in [0.29, 0.717) is 23.6 Å². The van der Waals surface area contributed by atoms with E-state index in [4.69, 9.17) is 4.74 Å². The largest absolute Gasteiger partial charge is 0.461 e. The lowest BCUT2D eigenvalue weighted by atomic mass is 10.2. The van der Waals surface area contributed by atoms with Crippen LogP contribution in [0.4, 0.5) is 5.69 Å². The summed E-state index contributed by atoms with van der Waals surface area (Å²) in [5.41, 5.74) is 1.52. The minimum atomic E-state index is -0.432. The smallest absolute Gasteiger partial charge is 0.354 e. The Morgan fingerprint density at radius 3 is 2.78 bits per heavy atom. The van der Waals surface area contributed by atoms with E-state index in [0.717, 1.165) is 6.42 Å².